The molecule has 0 spiro atoms. The first kappa shape index (κ1) is 20.1. The lowest BCUT2D eigenvalue weighted by atomic mass is 10.1. The minimum atomic E-state index is 0.457. The van der Waals surface area contributed by atoms with Gasteiger partial charge in [-0.1, -0.05) is 23.8 Å². The molecule has 1 unspecified atom stereocenters. The Hall–Kier alpha value is -2.66. The summed E-state index contributed by atoms with van der Waals surface area (Å²) in [5, 5.41) is 7.12. The Bertz CT molecular complexity index is 893. The molecule has 0 bridgehead atoms. The second-order valence-corrected chi connectivity index (χ2v) is 7.48. The molecular formula is C23H31N5. The van der Waals surface area contributed by atoms with Crippen molar-refractivity contribution >= 4 is 11.0 Å². The largest absolute Gasteiger partial charge is 0.380 e. The molecule has 0 saturated carbocycles. The van der Waals surface area contributed by atoms with Crippen LogP contribution in [0.5, 0.6) is 0 Å². The molecule has 148 valence electrons. The van der Waals surface area contributed by atoms with Crippen LogP contribution in [0.3, 0.4) is 0 Å². The monoisotopic (exact) mass is 377 g/mol. The zero-order valence-electron chi connectivity index (χ0n) is 17.4. The molecule has 2 N–H and O–H groups in total. The van der Waals surface area contributed by atoms with Crippen molar-refractivity contribution in [2.75, 3.05) is 19.6 Å². The average molecular weight is 378 g/mol. The topological polar surface area (TPSA) is 53.1 Å². The van der Waals surface area contributed by atoms with E-state index in [-0.39, 0.29) is 0 Å². The van der Waals surface area contributed by atoms with Gasteiger partial charge in [-0.05, 0) is 51.5 Å². The first-order valence-electron chi connectivity index (χ1n) is 10.0. The number of hydrogen-bond donors (Lipinski definition) is 2. The van der Waals surface area contributed by atoms with Crippen LogP contribution in [0.25, 0.3) is 11.0 Å². The molecule has 1 saturated heterocycles. The quantitative estimate of drug-likeness (QED) is 0.751. The highest BCUT2D eigenvalue weighted by Crippen LogP contribution is 2.20. The summed E-state index contributed by atoms with van der Waals surface area (Å²) in [7, 11) is 0. The molecule has 2 aromatic rings. The number of nitrogens with one attached hydrogen (secondary N) is 2. The molecule has 2 heterocycles. The van der Waals surface area contributed by atoms with Crippen LogP contribution in [0.15, 0.2) is 65.8 Å². The maximum atomic E-state index is 4.42. The molecule has 1 aromatic carbocycles. The number of hydrogen-bond acceptors (Lipinski definition) is 5. The fourth-order valence-corrected chi connectivity index (χ4v) is 3.44. The maximum absolute atomic E-state index is 4.42. The summed E-state index contributed by atoms with van der Waals surface area (Å²) in [6, 6.07) is 6.71. The van der Waals surface area contributed by atoms with E-state index in [9.17, 15) is 0 Å². The van der Waals surface area contributed by atoms with Crippen LogP contribution in [-0.4, -0.2) is 40.5 Å². The summed E-state index contributed by atoms with van der Waals surface area (Å²) < 4.78 is 0. The molecule has 1 aliphatic rings. The summed E-state index contributed by atoms with van der Waals surface area (Å²) in [5.41, 5.74) is 6.76. The minimum Gasteiger partial charge on any atom is -0.380 e. The third-order valence-electron chi connectivity index (χ3n) is 4.97. The molecule has 1 aliphatic heterocycles. The van der Waals surface area contributed by atoms with E-state index < -0.39 is 0 Å². The number of nitrogens with zero attached hydrogens (tertiary/aromatic N) is 3. The molecular weight excluding hydrogens is 346 g/mol. The van der Waals surface area contributed by atoms with E-state index in [1.165, 1.54) is 16.8 Å². The maximum Gasteiger partial charge on any atom is 0.0890 e. The molecule has 28 heavy (non-hydrogen) atoms. The third kappa shape index (κ3) is 4.98. The predicted molar refractivity (Wildman–Crippen MR) is 117 cm³/mol. The average Bonchev–Trinajstić information content (AvgIpc) is 2.71. The van der Waals surface area contributed by atoms with Crippen LogP contribution in [0.4, 0.5) is 0 Å². The van der Waals surface area contributed by atoms with Crippen molar-refractivity contribution in [1.82, 2.24) is 25.5 Å². The van der Waals surface area contributed by atoms with E-state index in [1.807, 2.05) is 6.07 Å². The van der Waals surface area contributed by atoms with Crippen LogP contribution in [0.1, 0.15) is 33.3 Å². The molecule has 0 radical (unpaired) electrons. The Morgan fingerprint density at radius 3 is 2.71 bits per heavy atom. The Morgan fingerprint density at radius 2 is 2.00 bits per heavy atom. The van der Waals surface area contributed by atoms with Crippen LogP contribution >= 0.6 is 0 Å². The SMILES string of the molecule is C/C=C(NCc1ccc2nccnc2c1)\C(=C/C=C(C)C)N1CCNCC1C. The molecule has 1 fully saturated rings. The van der Waals surface area contributed by atoms with Crippen LogP contribution in [0, 0.1) is 0 Å². The van der Waals surface area contributed by atoms with Gasteiger partial charge < -0.3 is 15.5 Å². The number of rotatable bonds is 6. The molecule has 5 heteroatoms. The van der Waals surface area contributed by atoms with Crippen molar-refractivity contribution in [3.05, 3.63) is 71.4 Å². The normalized spacial score (nSPS) is 18.3. The van der Waals surface area contributed by atoms with Gasteiger partial charge in [0, 0.05) is 44.6 Å². The smallest absolute Gasteiger partial charge is 0.0890 e. The van der Waals surface area contributed by atoms with E-state index >= 15 is 0 Å². The summed E-state index contributed by atoms with van der Waals surface area (Å²) >= 11 is 0. The molecule has 3 rings (SSSR count). The van der Waals surface area contributed by atoms with Crippen molar-refractivity contribution in [3.8, 4) is 0 Å². The minimum absolute atomic E-state index is 0.457. The van der Waals surface area contributed by atoms with Crippen LogP contribution in [-0.2, 0) is 6.54 Å². The van der Waals surface area contributed by atoms with Crippen LogP contribution < -0.4 is 10.6 Å². The van der Waals surface area contributed by atoms with Gasteiger partial charge in [-0.25, -0.2) is 0 Å². The van der Waals surface area contributed by atoms with E-state index in [0.717, 1.165) is 42.9 Å². The van der Waals surface area contributed by atoms with Gasteiger partial charge in [0.05, 0.1) is 22.4 Å². The van der Waals surface area contributed by atoms with Gasteiger partial charge in [-0.3, -0.25) is 9.97 Å². The predicted octanol–water partition coefficient (Wildman–Crippen LogP) is 3.77. The van der Waals surface area contributed by atoms with Crippen molar-refractivity contribution in [2.45, 2.75) is 40.3 Å². The van der Waals surface area contributed by atoms with Crippen LogP contribution in [0.2, 0.25) is 0 Å². The molecule has 0 amide bonds. The second kappa shape index (κ2) is 9.51. The first-order chi connectivity index (χ1) is 13.6. The lowest BCUT2D eigenvalue weighted by molar-refractivity contribution is 0.225. The van der Waals surface area contributed by atoms with Gasteiger partial charge in [0.1, 0.15) is 0 Å². The van der Waals surface area contributed by atoms with Crippen molar-refractivity contribution < 1.29 is 0 Å². The number of piperazine rings is 1. The van der Waals surface area contributed by atoms with E-state index in [1.54, 1.807) is 12.4 Å². The van der Waals surface area contributed by atoms with Crippen molar-refractivity contribution in [2.24, 2.45) is 0 Å². The van der Waals surface area contributed by atoms with Gasteiger partial charge in [-0.15, -0.1) is 0 Å². The van der Waals surface area contributed by atoms with Gasteiger partial charge in [0.15, 0.2) is 0 Å². The summed E-state index contributed by atoms with van der Waals surface area (Å²) in [6.45, 7) is 12.4. The Morgan fingerprint density at radius 1 is 1.21 bits per heavy atom. The molecule has 0 aliphatic carbocycles. The fourth-order valence-electron chi connectivity index (χ4n) is 3.44. The van der Waals surface area contributed by atoms with Gasteiger partial charge >= 0.3 is 0 Å². The highest BCUT2D eigenvalue weighted by atomic mass is 15.2. The summed E-state index contributed by atoms with van der Waals surface area (Å²) in [6.07, 6.45) is 10.1. The number of benzene rings is 1. The molecule has 1 atom stereocenters. The molecule has 5 nitrogen and oxygen atoms in total. The number of allylic oxidation sites excluding steroid dienone is 4. The second-order valence-electron chi connectivity index (χ2n) is 7.48. The highest BCUT2D eigenvalue weighted by molar-refractivity contribution is 5.74. The lowest BCUT2D eigenvalue weighted by Gasteiger charge is -2.38. The van der Waals surface area contributed by atoms with Gasteiger partial charge in [-0.2, -0.15) is 0 Å². The number of aromatic nitrogens is 2. The van der Waals surface area contributed by atoms with E-state index in [0.29, 0.717) is 6.04 Å². The lowest BCUT2D eigenvalue weighted by Crippen LogP contribution is -2.49. The summed E-state index contributed by atoms with van der Waals surface area (Å²) in [4.78, 5) is 11.3. The van der Waals surface area contributed by atoms with Crippen molar-refractivity contribution in [1.29, 1.82) is 0 Å². The van der Waals surface area contributed by atoms with Gasteiger partial charge in [0.25, 0.3) is 0 Å². The zero-order chi connectivity index (χ0) is 19.9. The third-order valence-corrected chi connectivity index (χ3v) is 4.97. The summed E-state index contributed by atoms with van der Waals surface area (Å²) in [5.74, 6) is 0. The Balaban J connectivity index is 1.81. The highest BCUT2D eigenvalue weighted by Gasteiger charge is 2.22. The van der Waals surface area contributed by atoms with E-state index in [4.69, 9.17) is 0 Å². The molecule has 1 aromatic heterocycles. The van der Waals surface area contributed by atoms with E-state index in [2.05, 4.69) is 83.6 Å². The first-order valence-corrected chi connectivity index (χ1v) is 10.0. The van der Waals surface area contributed by atoms with Gasteiger partial charge in [0.2, 0.25) is 0 Å². The zero-order valence-corrected chi connectivity index (χ0v) is 17.4. The Labute approximate surface area is 168 Å². The number of fused-ring (bicyclic) bond motifs is 1. The Kier molecular flexibility index (Phi) is 6.82. The standard InChI is InChI=1S/C23H31N5/c1-5-20(23(9-6-17(2)3)28-13-12-24-15-18(28)4)27-16-19-7-8-21-22(14-19)26-11-10-25-21/h5-11,14,18,24,27H,12-13,15-16H2,1-4H3/b20-5+,23-9+. The van der Waals surface area contributed by atoms with Crippen molar-refractivity contribution in [3.63, 3.8) is 0 Å². The fraction of sp³-hybridized carbons (Fsp3) is 0.391.